The lowest BCUT2D eigenvalue weighted by atomic mass is 9.48. The number of hydrogen-bond donors (Lipinski definition) is 0. The Labute approximate surface area is 157 Å². The van der Waals surface area contributed by atoms with Gasteiger partial charge in [-0.2, -0.15) is 0 Å². The van der Waals surface area contributed by atoms with Gasteiger partial charge in [0.05, 0.1) is 0 Å². The predicted octanol–water partition coefficient (Wildman–Crippen LogP) is 5.42. The van der Waals surface area contributed by atoms with Crippen molar-refractivity contribution in [2.45, 2.75) is 79.1 Å². The number of fused-ring (bicyclic) bond motifs is 2. The molecule has 0 amide bonds. The molecule has 0 aromatic heterocycles. The Hall–Kier alpha value is -1.18. The monoisotopic (exact) mass is 352 g/mol. The molecule has 0 N–H and O–H groups in total. The molecule has 2 unspecified atom stereocenters. The molecule has 2 bridgehead atoms. The van der Waals surface area contributed by atoms with Crippen LogP contribution in [0.2, 0.25) is 0 Å². The largest absolute Gasteiger partial charge is 0.299 e. The molecule has 5 rings (SSSR count). The fraction of sp³-hybridized carbons (Fsp3) is 0.750. The first-order valence-corrected chi connectivity index (χ1v) is 10.7. The zero-order chi connectivity index (χ0) is 18.5. The standard InChI is InChI=1S/C24H32O2/c1-14-15(2)21-17(13-20(14)26)5-6-19-18(21)7-8-22(4)23(16(3)25)9-11-24(19,22)12-10-23/h7,14-15,19H,5-6,8-13H2,1-4H3/t14?,15?,19-,22-,23?,24?/m1/s1. The zero-order valence-corrected chi connectivity index (χ0v) is 16.8. The Morgan fingerprint density at radius 3 is 2.46 bits per heavy atom. The number of hydrogen-bond acceptors (Lipinski definition) is 2. The molecule has 0 aromatic rings. The summed E-state index contributed by atoms with van der Waals surface area (Å²) in [5.41, 5.74) is 5.00. The quantitative estimate of drug-likeness (QED) is 0.631. The number of carbonyl (C=O) groups excluding carboxylic acids is 2. The number of allylic oxidation sites excluding steroid dienone is 4. The van der Waals surface area contributed by atoms with E-state index in [0.717, 1.165) is 25.7 Å². The Balaban J connectivity index is 1.64. The molecule has 0 spiro atoms. The summed E-state index contributed by atoms with van der Waals surface area (Å²) in [5, 5.41) is 0. The van der Waals surface area contributed by atoms with Crippen molar-refractivity contribution in [1.29, 1.82) is 0 Å². The van der Waals surface area contributed by atoms with E-state index in [1.54, 1.807) is 11.1 Å². The Kier molecular flexibility index (Phi) is 3.26. The highest BCUT2D eigenvalue weighted by Crippen LogP contribution is 2.79. The number of rotatable bonds is 1. The number of Topliss-reactive ketones (excluding diaryl/α,β-unsaturated/α-hetero) is 2. The van der Waals surface area contributed by atoms with E-state index in [9.17, 15) is 9.59 Å². The van der Waals surface area contributed by atoms with Crippen LogP contribution < -0.4 is 0 Å². The molecule has 5 aliphatic carbocycles. The maximum atomic E-state index is 12.7. The van der Waals surface area contributed by atoms with Crippen LogP contribution in [0.1, 0.15) is 79.1 Å². The highest BCUT2D eigenvalue weighted by Gasteiger charge is 2.73. The smallest absolute Gasteiger partial charge is 0.140 e. The van der Waals surface area contributed by atoms with E-state index >= 15 is 0 Å². The van der Waals surface area contributed by atoms with Gasteiger partial charge in [0, 0.05) is 17.8 Å². The fourth-order valence-electron chi connectivity index (χ4n) is 8.38. The van der Waals surface area contributed by atoms with Gasteiger partial charge < -0.3 is 0 Å². The second-order valence-corrected chi connectivity index (χ2v) is 10.3. The van der Waals surface area contributed by atoms with Crippen LogP contribution in [0.15, 0.2) is 22.8 Å². The summed E-state index contributed by atoms with van der Waals surface area (Å²) in [7, 11) is 0. The molecule has 0 aromatic carbocycles. The van der Waals surface area contributed by atoms with Gasteiger partial charge in [0.1, 0.15) is 11.6 Å². The van der Waals surface area contributed by atoms with Crippen molar-refractivity contribution in [3.63, 3.8) is 0 Å². The van der Waals surface area contributed by atoms with E-state index in [-0.39, 0.29) is 16.7 Å². The summed E-state index contributed by atoms with van der Waals surface area (Å²) in [6, 6.07) is 0. The van der Waals surface area contributed by atoms with Gasteiger partial charge in [-0.25, -0.2) is 0 Å². The minimum Gasteiger partial charge on any atom is -0.299 e. The van der Waals surface area contributed by atoms with Crippen LogP contribution in [0.25, 0.3) is 0 Å². The van der Waals surface area contributed by atoms with Crippen LogP contribution in [0.3, 0.4) is 0 Å². The molecule has 2 saturated carbocycles. The van der Waals surface area contributed by atoms with Crippen LogP contribution in [-0.4, -0.2) is 11.6 Å². The molecule has 2 fully saturated rings. The third-order valence-corrected chi connectivity index (χ3v) is 10.1. The first-order valence-electron chi connectivity index (χ1n) is 10.7. The maximum absolute atomic E-state index is 12.7. The highest BCUT2D eigenvalue weighted by atomic mass is 16.1. The SMILES string of the molecule is CC(=O)C12CCC3(CC1)[C@@H]1CCC4=C(C1=CC[C@]23C)C(C)C(C)C(=O)C4. The molecule has 26 heavy (non-hydrogen) atoms. The van der Waals surface area contributed by atoms with Gasteiger partial charge in [0.25, 0.3) is 0 Å². The minimum absolute atomic E-state index is 0.0644. The predicted molar refractivity (Wildman–Crippen MR) is 103 cm³/mol. The van der Waals surface area contributed by atoms with E-state index in [1.807, 2.05) is 6.92 Å². The van der Waals surface area contributed by atoms with Gasteiger partial charge in [-0.05, 0) is 85.7 Å². The van der Waals surface area contributed by atoms with Crippen molar-refractivity contribution < 1.29 is 9.59 Å². The molecule has 2 nitrogen and oxygen atoms in total. The summed E-state index contributed by atoms with van der Waals surface area (Å²) in [4.78, 5) is 25.1. The molecule has 2 heteroatoms. The topological polar surface area (TPSA) is 34.1 Å². The summed E-state index contributed by atoms with van der Waals surface area (Å²) in [6.07, 6.45) is 11.2. The first kappa shape index (κ1) is 17.0. The van der Waals surface area contributed by atoms with Crippen molar-refractivity contribution in [1.82, 2.24) is 0 Å². The minimum atomic E-state index is -0.0644. The van der Waals surface area contributed by atoms with E-state index < -0.39 is 0 Å². The molecule has 0 heterocycles. The average molecular weight is 353 g/mol. The first-order chi connectivity index (χ1) is 12.3. The van der Waals surface area contributed by atoms with Crippen LogP contribution in [0, 0.1) is 34.0 Å². The third kappa shape index (κ3) is 1.62. The summed E-state index contributed by atoms with van der Waals surface area (Å²) >= 11 is 0. The molecule has 0 aliphatic heterocycles. The Morgan fingerprint density at radius 1 is 1.12 bits per heavy atom. The lowest BCUT2D eigenvalue weighted by molar-refractivity contribution is -0.133. The molecule has 0 radical (unpaired) electrons. The molecule has 0 saturated heterocycles. The lowest BCUT2D eigenvalue weighted by Crippen LogP contribution is -2.49. The summed E-state index contributed by atoms with van der Waals surface area (Å²) < 4.78 is 0. The van der Waals surface area contributed by atoms with Crippen molar-refractivity contribution in [3.8, 4) is 0 Å². The van der Waals surface area contributed by atoms with Crippen molar-refractivity contribution in [2.24, 2.45) is 34.0 Å². The summed E-state index contributed by atoms with van der Waals surface area (Å²) in [6.45, 7) is 8.69. The van der Waals surface area contributed by atoms with Gasteiger partial charge in [0.15, 0.2) is 0 Å². The average Bonchev–Trinajstić information content (AvgIpc) is 3.04. The van der Waals surface area contributed by atoms with Crippen LogP contribution >= 0.6 is 0 Å². The van der Waals surface area contributed by atoms with Gasteiger partial charge >= 0.3 is 0 Å². The molecule has 4 atom stereocenters. The van der Waals surface area contributed by atoms with Crippen LogP contribution in [-0.2, 0) is 9.59 Å². The van der Waals surface area contributed by atoms with Gasteiger partial charge in [0.2, 0.25) is 0 Å². The van der Waals surface area contributed by atoms with Crippen molar-refractivity contribution >= 4 is 11.6 Å². The number of carbonyl (C=O) groups is 2. The third-order valence-electron chi connectivity index (χ3n) is 10.1. The maximum Gasteiger partial charge on any atom is 0.140 e. The second kappa shape index (κ2) is 5.00. The van der Waals surface area contributed by atoms with Crippen LogP contribution in [0.4, 0.5) is 0 Å². The fourth-order valence-corrected chi connectivity index (χ4v) is 8.38. The van der Waals surface area contributed by atoms with Crippen molar-refractivity contribution in [2.75, 3.05) is 0 Å². The Bertz CT molecular complexity index is 774. The molecular weight excluding hydrogens is 320 g/mol. The van der Waals surface area contributed by atoms with Crippen molar-refractivity contribution in [3.05, 3.63) is 22.8 Å². The van der Waals surface area contributed by atoms with E-state index in [4.69, 9.17) is 0 Å². The Morgan fingerprint density at radius 2 is 1.81 bits per heavy atom. The van der Waals surface area contributed by atoms with E-state index in [0.29, 0.717) is 35.2 Å². The lowest BCUT2D eigenvalue weighted by Gasteiger charge is -2.55. The highest BCUT2D eigenvalue weighted by molar-refractivity contribution is 5.87. The number of ketones is 2. The van der Waals surface area contributed by atoms with Gasteiger partial charge in [-0.1, -0.05) is 32.4 Å². The normalized spacial score (nSPS) is 49.5. The zero-order valence-electron chi connectivity index (χ0n) is 16.8. The van der Waals surface area contributed by atoms with Gasteiger partial charge in [-0.3, -0.25) is 9.59 Å². The van der Waals surface area contributed by atoms with Gasteiger partial charge in [-0.15, -0.1) is 0 Å². The summed E-state index contributed by atoms with van der Waals surface area (Å²) in [5.74, 6) is 2.01. The molecule has 140 valence electrons. The van der Waals surface area contributed by atoms with E-state index in [1.165, 1.54) is 24.8 Å². The second-order valence-electron chi connectivity index (χ2n) is 10.3. The van der Waals surface area contributed by atoms with Crippen LogP contribution in [0.5, 0.6) is 0 Å². The molecular formula is C24H32O2. The van der Waals surface area contributed by atoms with E-state index in [2.05, 4.69) is 26.8 Å². The molecule has 5 aliphatic rings.